The molecular weight excluding hydrogens is 342 g/mol. The van der Waals surface area contributed by atoms with Crippen LogP contribution in [0.4, 0.5) is 5.69 Å². The van der Waals surface area contributed by atoms with E-state index in [0.717, 1.165) is 24.0 Å². The van der Waals surface area contributed by atoms with E-state index >= 15 is 0 Å². The van der Waals surface area contributed by atoms with Gasteiger partial charge in [0.25, 0.3) is 0 Å². The van der Waals surface area contributed by atoms with E-state index in [1.165, 1.54) is 7.11 Å². The van der Waals surface area contributed by atoms with Gasteiger partial charge in [-0.2, -0.15) is 0 Å². The van der Waals surface area contributed by atoms with Crippen molar-refractivity contribution in [3.63, 3.8) is 0 Å². The number of nitrogens with zero attached hydrogens (tertiary/aromatic N) is 1. The van der Waals surface area contributed by atoms with Crippen LogP contribution in [0.15, 0.2) is 53.5 Å². The highest BCUT2D eigenvalue weighted by atomic mass is 16.5. The van der Waals surface area contributed by atoms with Gasteiger partial charge in [0.05, 0.1) is 19.2 Å². The summed E-state index contributed by atoms with van der Waals surface area (Å²) in [5.74, 6) is -0.277. The summed E-state index contributed by atoms with van der Waals surface area (Å²) in [7, 11) is 1.38. The van der Waals surface area contributed by atoms with Crippen LogP contribution in [-0.4, -0.2) is 24.9 Å². The third kappa shape index (κ3) is 6.14. The largest absolute Gasteiger partial charge is 0.469 e. The van der Waals surface area contributed by atoms with E-state index in [0.29, 0.717) is 11.3 Å². The number of methoxy groups -OCH3 is 1. The average molecular weight is 367 g/mol. The summed E-state index contributed by atoms with van der Waals surface area (Å²) < 4.78 is 4.84. The lowest BCUT2D eigenvalue weighted by Crippen LogP contribution is -2.21. The lowest BCUT2D eigenvalue weighted by atomic mass is 9.88. The first-order valence-electron chi connectivity index (χ1n) is 8.58. The average Bonchev–Trinajstić information content (AvgIpc) is 2.65. The topological polar surface area (TPSA) is 141 Å². The number of aliphatic imine (C=N–C) groups is 1. The zero-order valence-corrected chi connectivity index (χ0v) is 15.3. The fourth-order valence-corrected chi connectivity index (χ4v) is 2.86. The van der Waals surface area contributed by atoms with Crippen LogP contribution >= 0.6 is 0 Å². The molecule has 7 N–H and O–H groups in total. The van der Waals surface area contributed by atoms with Crippen molar-refractivity contribution in [2.75, 3.05) is 7.11 Å². The van der Waals surface area contributed by atoms with Gasteiger partial charge in [-0.25, -0.2) is 4.99 Å². The maximum atomic E-state index is 11.8. The zero-order chi connectivity index (χ0) is 19.8. The number of benzene rings is 2. The Morgan fingerprint density at radius 3 is 2.44 bits per heavy atom. The second kappa shape index (κ2) is 9.38. The molecule has 0 saturated carbocycles. The van der Waals surface area contributed by atoms with Gasteiger partial charge < -0.3 is 21.9 Å². The number of nitrogen functional groups attached to an aromatic ring is 1. The highest BCUT2D eigenvalue weighted by Gasteiger charge is 2.17. The molecule has 0 bridgehead atoms. The molecule has 1 atom stereocenters. The summed E-state index contributed by atoms with van der Waals surface area (Å²) in [6.07, 6.45) is 1.79. The Hall–Kier alpha value is -3.35. The first-order valence-corrected chi connectivity index (χ1v) is 8.58. The Morgan fingerprint density at radius 1 is 1.15 bits per heavy atom. The second-order valence-electron chi connectivity index (χ2n) is 6.26. The van der Waals surface area contributed by atoms with Crippen LogP contribution in [0.3, 0.4) is 0 Å². The predicted molar refractivity (Wildman–Crippen MR) is 107 cm³/mol. The Morgan fingerprint density at radius 2 is 1.85 bits per heavy atom. The number of nitrogens with one attached hydrogen (secondary N) is 1. The molecule has 0 aliphatic rings. The van der Waals surface area contributed by atoms with Gasteiger partial charge in [0.2, 0.25) is 0 Å². The van der Waals surface area contributed by atoms with Crippen LogP contribution in [0, 0.1) is 5.41 Å². The van der Waals surface area contributed by atoms with Crippen LogP contribution in [0.2, 0.25) is 0 Å². The third-order valence-electron chi connectivity index (χ3n) is 4.29. The Kier molecular flexibility index (Phi) is 6.93. The third-order valence-corrected chi connectivity index (χ3v) is 4.29. The SMILES string of the molecule is COC(=O)C[C@H](CCc1ccc(N=C(N)N)cc1)c1cccc(C(=N)N)c1. The molecule has 0 radical (unpaired) electrons. The van der Waals surface area contributed by atoms with Gasteiger partial charge in [0.15, 0.2) is 5.96 Å². The fourth-order valence-electron chi connectivity index (χ4n) is 2.86. The van der Waals surface area contributed by atoms with Crippen molar-refractivity contribution in [3.05, 3.63) is 65.2 Å². The van der Waals surface area contributed by atoms with Gasteiger partial charge in [-0.1, -0.05) is 30.3 Å². The van der Waals surface area contributed by atoms with E-state index in [9.17, 15) is 4.79 Å². The van der Waals surface area contributed by atoms with Crippen molar-refractivity contribution in [1.82, 2.24) is 0 Å². The quantitative estimate of drug-likeness (QED) is 0.321. The molecular formula is C20H25N5O2. The molecule has 2 aromatic carbocycles. The summed E-state index contributed by atoms with van der Waals surface area (Å²) in [6.45, 7) is 0. The minimum absolute atomic E-state index is 0.00369. The van der Waals surface area contributed by atoms with Gasteiger partial charge in [-0.15, -0.1) is 0 Å². The molecule has 0 saturated heterocycles. The van der Waals surface area contributed by atoms with Gasteiger partial charge >= 0.3 is 5.97 Å². The number of hydrogen-bond acceptors (Lipinski definition) is 4. The number of rotatable bonds is 8. The first kappa shape index (κ1) is 20.0. The van der Waals surface area contributed by atoms with Crippen LogP contribution in [0.25, 0.3) is 0 Å². The molecule has 2 aromatic rings. The molecule has 0 aliphatic heterocycles. The highest BCUT2D eigenvalue weighted by Crippen LogP contribution is 2.27. The van der Waals surface area contributed by atoms with E-state index in [2.05, 4.69) is 4.99 Å². The number of nitrogens with two attached hydrogens (primary N) is 3. The number of carbonyl (C=O) groups is 1. The second-order valence-corrected chi connectivity index (χ2v) is 6.26. The van der Waals surface area contributed by atoms with E-state index in [4.69, 9.17) is 27.3 Å². The maximum absolute atomic E-state index is 11.8. The van der Waals surface area contributed by atoms with Gasteiger partial charge in [-0.3, -0.25) is 10.2 Å². The van der Waals surface area contributed by atoms with Gasteiger partial charge in [0.1, 0.15) is 5.84 Å². The molecule has 2 rings (SSSR count). The van der Waals surface area contributed by atoms with E-state index in [1.807, 2.05) is 42.5 Å². The van der Waals surface area contributed by atoms with Crippen LogP contribution in [0.1, 0.15) is 35.4 Å². The lowest BCUT2D eigenvalue weighted by molar-refractivity contribution is -0.141. The summed E-state index contributed by atoms with van der Waals surface area (Å²) in [4.78, 5) is 15.8. The summed E-state index contributed by atoms with van der Waals surface area (Å²) in [6, 6.07) is 15.1. The van der Waals surface area contributed by atoms with Crippen molar-refractivity contribution < 1.29 is 9.53 Å². The smallest absolute Gasteiger partial charge is 0.306 e. The van der Waals surface area contributed by atoms with Crippen LogP contribution in [0.5, 0.6) is 0 Å². The number of ether oxygens (including phenoxy) is 1. The zero-order valence-electron chi connectivity index (χ0n) is 15.3. The number of aryl methyl sites for hydroxylation is 1. The molecule has 0 aliphatic carbocycles. The number of amidine groups is 1. The Labute approximate surface area is 158 Å². The molecule has 0 amide bonds. The van der Waals surface area contributed by atoms with Gasteiger partial charge in [0, 0.05) is 5.56 Å². The number of carbonyl (C=O) groups excluding carboxylic acids is 1. The van der Waals surface area contributed by atoms with Crippen molar-refractivity contribution in [2.45, 2.75) is 25.2 Å². The number of esters is 1. The summed E-state index contributed by atoms with van der Waals surface area (Å²) in [5.41, 5.74) is 19.8. The Balaban J connectivity index is 2.15. The first-order chi connectivity index (χ1) is 12.9. The fraction of sp³-hybridized carbons (Fsp3) is 0.250. The monoisotopic (exact) mass is 367 g/mol. The predicted octanol–water partition coefficient (Wildman–Crippen LogP) is 2.16. The van der Waals surface area contributed by atoms with Crippen molar-refractivity contribution in [1.29, 1.82) is 5.41 Å². The summed E-state index contributed by atoms with van der Waals surface area (Å²) >= 11 is 0. The van der Waals surface area contributed by atoms with E-state index in [1.54, 1.807) is 6.07 Å². The normalized spacial score (nSPS) is 11.4. The van der Waals surface area contributed by atoms with Crippen molar-refractivity contribution >= 4 is 23.5 Å². The summed E-state index contributed by atoms with van der Waals surface area (Å²) in [5, 5.41) is 7.61. The number of hydrogen-bond donors (Lipinski definition) is 4. The van der Waals surface area contributed by atoms with E-state index in [-0.39, 0.29) is 30.1 Å². The van der Waals surface area contributed by atoms with Crippen LogP contribution in [-0.2, 0) is 16.0 Å². The standard InChI is InChI=1S/C20H25N5O2/c1-27-18(26)12-15(14-3-2-4-16(11-14)19(21)22)8-5-13-6-9-17(10-7-13)25-20(23)24/h2-4,6-7,9-11,15H,5,8,12H2,1H3,(H3,21,22)(H4,23,24,25)/t15-/m0/s1. The molecule has 0 fully saturated rings. The van der Waals surface area contributed by atoms with Gasteiger partial charge in [-0.05, 0) is 48.1 Å². The molecule has 0 heterocycles. The molecule has 27 heavy (non-hydrogen) atoms. The minimum atomic E-state index is -0.267. The molecule has 7 nitrogen and oxygen atoms in total. The maximum Gasteiger partial charge on any atom is 0.306 e. The molecule has 7 heteroatoms. The van der Waals surface area contributed by atoms with Crippen molar-refractivity contribution in [2.24, 2.45) is 22.2 Å². The highest BCUT2D eigenvalue weighted by molar-refractivity contribution is 5.95. The lowest BCUT2D eigenvalue weighted by Gasteiger charge is -2.17. The van der Waals surface area contributed by atoms with E-state index < -0.39 is 0 Å². The molecule has 142 valence electrons. The Bertz CT molecular complexity index is 827. The van der Waals surface area contributed by atoms with Crippen LogP contribution < -0.4 is 17.2 Å². The minimum Gasteiger partial charge on any atom is -0.469 e. The van der Waals surface area contributed by atoms with Crippen molar-refractivity contribution in [3.8, 4) is 0 Å². The molecule has 0 unspecified atom stereocenters. The molecule has 0 aromatic heterocycles. The number of guanidine groups is 1. The molecule has 0 spiro atoms.